The normalized spacial score (nSPS) is 11.6. The molecule has 3 aromatic rings. The molecular formula is C23H22N2O5. The van der Waals surface area contributed by atoms with Crippen LogP contribution >= 0.6 is 0 Å². The molecule has 0 aliphatic rings. The Bertz CT molecular complexity index is 998. The van der Waals surface area contributed by atoms with Crippen LogP contribution in [0.25, 0.3) is 11.3 Å². The van der Waals surface area contributed by atoms with Crippen molar-refractivity contribution in [1.29, 1.82) is 0 Å². The number of benzene rings is 2. The second-order valence-electron chi connectivity index (χ2n) is 6.82. The monoisotopic (exact) mass is 406 g/mol. The van der Waals surface area contributed by atoms with Crippen LogP contribution in [0.1, 0.15) is 28.8 Å². The van der Waals surface area contributed by atoms with E-state index < -0.39 is 23.8 Å². The summed E-state index contributed by atoms with van der Waals surface area (Å²) < 4.78 is 5.36. The smallest absolute Gasteiger partial charge is 0.303 e. The highest BCUT2D eigenvalue weighted by Crippen LogP contribution is 2.22. The van der Waals surface area contributed by atoms with E-state index in [0.29, 0.717) is 11.3 Å². The van der Waals surface area contributed by atoms with Gasteiger partial charge in [-0.15, -0.1) is 0 Å². The van der Waals surface area contributed by atoms with Crippen LogP contribution < -0.4 is 5.73 Å². The Morgan fingerprint density at radius 1 is 0.967 bits per heavy atom. The predicted molar refractivity (Wildman–Crippen MR) is 110 cm³/mol. The summed E-state index contributed by atoms with van der Waals surface area (Å²) in [6.07, 6.45) is 1.23. The molecule has 1 heterocycles. The van der Waals surface area contributed by atoms with E-state index in [2.05, 4.69) is 0 Å². The maximum Gasteiger partial charge on any atom is 0.303 e. The lowest BCUT2D eigenvalue weighted by molar-refractivity contribution is -0.137. The molecule has 0 aliphatic carbocycles. The zero-order valence-corrected chi connectivity index (χ0v) is 16.2. The number of hydrogen-bond acceptors (Lipinski definition) is 4. The average Bonchev–Trinajstić information content (AvgIpc) is 3.28. The second kappa shape index (κ2) is 9.56. The number of rotatable bonds is 9. The van der Waals surface area contributed by atoms with Crippen LogP contribution in [-0.2, 0) is 16.1 Å². The first-order chi connectivity index (χ1) is 14.5. The number of nitrogens with zero attached hydrogens (tertiary/aromatic N) is 1. The number of carboxylic acids is 1. The Kier molecular flexibility index (Phi) is 6.64. The average molecular weight is 406 g/mol. The largest absolute Gasteiger partial charge is 0.481 e. The van der Waals surface area contributed by atoms with Crippen LogP contribution in [0, 0.1) is 0 Å². The van der Waals surface area contributed by atoms with Gasteiger partial charge in [-0.2, -0.15) is 0 Å². The van der Waals surface area contributed by atoms with Gasteiger partial charge in [0.2, 0.25) is 5.91 Å². The van der Waals surface area contributed by atoms with Gasteiger partial charge in [-0.25, -0.2) is 0 Å². The minimum Gasteiger partial charge on any atom is -0.481 e. The summed E-state index contributed by atoms with van der Waals surface area (Å²) in [7, 11) is 0. The number of aliphatic carboxylic acids is 1. The first-order valence-corrected chi connectivity index (χ1v) is 9.45. The molecular weight excluding hydrogens is 384 g/mol. The number of nitrogens with two attached hydrogens (primary N) is 1. The molecule has 0 aliphatic heterocycles. The molecule has 3 N–H and O–H groups in total. The Hall–Kier alpha value is -3.87. The highest BCUT2D eigenvalue weighted by molar-refractivity contribution is 5.97. The van der Waals surface area contributed by atoms with E-state index in [9.17, 15) is 14.4 Å². The minimum absolute atomic E-state index is 0.0618. The summed E-state index contributed by atoms with van der Waals surface area (Å²) in [5.41, 5.74) is 7.52. The van der Waals surface area contributed by atoms with E-state index in [-0.39, 0.29) is 19.4 Å². The Labute approximate surface area is 173 Å². The van der Waals surface area contributed by atoms with Gasteiger partial charge in [0.25, 0.3) is 5.91 Å². The molecule has 0 fully saturated rings. The summed E-state index contributed by atoms with van der Waals surface area (Å²) >= 11 is 0. The van der Waals surface area contributed by atoms with Crippen molar-refractivity contribution in [3.63, 3.8) is 0 Å². The standard InChI is InChI=1S/C23H22N2O5/c24-22(28)19(12-13-21(26)27)25(15-16-5-2-1-3-6-16)23(29)18-10-8-17(9-11-18)20-7-4-14-30-20/h1-11,14,19H,12-13,15H2,(H2,24,28)(H,26,27)/t19-/m0/s1. The van der Waals surface area contributed by atoms with E-state index in [1.807, 2.05) is 36.4 Å². The third-order valence-electron chi connectivity index (χ3n) is 4.73. The lowest BCUT2D eigenvalue weighted by Crippen LogP contribution is -2.47. The van der Waals surface area contributed by atoms with Crippen molar-refractivity contribution in [3.05, 3.63) is 84.1 Å². The van der Waals surface area contributed by atoms with Crippen LogP contribution in [0.4, 0.5) is 0 Å². The number of hydrogen-bond donors (Lipinski definition) is 2. The van der Waals surface area contributed by atoms with Crippen molar-refractivity contribution in [2.24, 2.45) is 5.73 Å². The summed E-state index contributed by atoms with van der Waals surface area (Å²) in [6, 6.07) is 18.5. The summed E-state index contributed by atoms with van der Waals surface area (Å²) in [6.45, 7) is 0.132. The van der Waals surface area contributed by atoms with Crippen molar-refractivity contribution < 1.29 is 23.9 Å². The fourth-order valence-corrected chi connectivity index (χ4v) is 3.20. The summed E-state index contributed by atoms with van der Waals surface area (Å²) in [4.78, 5) is 37.8. The quantitative estimate of drug-likeness (QED) is 0.566. The van der Waals surface area contributed by atoms with Gasteiger partial charge in [0.15, 0.2) is 0 Å². The first-order valence-electron chi connectivity index (χ1n) is 9.45. The minimum atomic E-state index is -1.06. The predicted octanol–water partition coefficient (Wildman–Crippen LogP) is 3.31. The highest BCUT2D eigenvalue weighted by Gasteiger charge is 2.29. The van der Waals surface area contributed by atoms with Crippen molar-refractivity contribution in [1.82, 2.24) is 4.90 Å². The molecule has 2 aromatic carbocycles. The third kappa shape index (κ3) is 5.14. The lowest BCUT2D eigenvalue weighted by atomic mass is 10.0. The van der Waals surface area contributed by atoms with Gasteiger partial charge in [0, 0.05) is 24.1 Å². The zero-order chi connectivity index (χ0) is 21.5. The summed E-state index contributed by atoms with van der Waals surface area (Å²) in [5, 5.41) is 9.03. The number of primary amides is 1. The Morgan fingerprint density at radius 2 is 1.67 bits per heavy atom. The molecule has 2 amide bonds. The SMILES string of the molecule is NC(=O)[C@H](CCC(=O)O)N(Cc1ccccc1)C(=O)c1ccc(-c2ccco2)cc1. The van der Waals surface area contributed by atoms with Gasteiger partial charge >= 0.3 is 5.97 Å². The van der Waals surface area contributed by atoms with Crippen LogP contribution in [0.15, 0.2) is 77.4 Å². The molecule has 7 nitrogen and oxygen atoms in total. The Balaban J connectivity index is 1.90. The van der Waals surface area contributed by atoms with Crippen LogP contribution in [-0.4, -0.2) is 33.8 Å². The van der Waals surface area contributed by atoms with Gasteiger partial charge in [-0.3, -0.25) is 14.4 Å². The number of carbonyl (C=O) groups is 3. The van der Waals surface area contributed by atoms with Gasteiger partial charge in [-0.1, -0.05) is 42.5 Å². The zero-order valence-electron chi connectivity index (χ0n) is 16.2. The maximum absolute atomic E-state index is 13.3. The van der Waals surface area contributed by atoms with Gasteiger partial charge in [0.1, 0.15) is 11.8 Å². The maximum atomic E-state index is 13.3. The van der Waals surface area contributed by atoms with Gasteiger partial charge < -0.3 is 20.2 Å². The molecule has 7 heteroatoms. The van der Waals surface area contributed by atoms with Gasteiger partial charge in [-0.05, 0) is 36.2 Å². The van der Waals surface area contributed by atoms with Crippen molar-refractivity contribution in [3.8, 4) is 11.3 Å². The second-order valence-corrected chi connectivity index (χ2v) is 6.82. The van der Waals surface area contributed by atoms with E-state index in [4.69, 9.17) is 15.3 Å². The van der Waals surface area contributed by atoms with Crippen LogP contribution in [0.2, 0.25) is 0 Å². The fourth-order valence-electron chi connectivity index (χ4n) is 3.20. The van der Waals surface area contributed by atoms with Gasteiger partial charge in [0.05, 0.1) is 6.26 Å². The topological polar surface area (TPSA) is 114 Å². The number of amides is 2. The fraction of sp³-hybridized carbons (Fsp3) is 0.174. The summed E-state index contributed by atoms with van der Waals surface area (Å²) in [5.74, 6) is -1.53. The molecule has 1 aromatic heterocycles. The van der Waals surface area contributed by atoms with E-state index in [1.54, 1.807) is 36.6 Å². The first kappa shape index (κ1) is 20.9. The van der Waals surface area contributed by atoms with Crippen LogP contribution in [0.3, 0.4) is 0 Å². The van der Waals surface area contributed by atoms with E-state index in [1.165, 1.54) is 4.90 Å². The molecule has 0 spiro atoms. The molecule has 0 radical (unpaired) electrons. The molecule has 3 rings (SSSR count). The molecule has 0 saturated carbocycles. The number of carboxylic acid groups (broad SMARTS) is 1. The van der Waals surface area contributed by atoms with Crippen molar-refractivity contribution >= 4 is 17.8 Å². The molecule has 0 bridgehead atoms. The number of furan rings is 1. The van der Waals surface area contributed by atoms with E-state index >= 15 is 0 Å². The molecule has 1 atom stereocenters. The molecule has 154 valence electrons. The van der Waals surface area contributed by atoms with Crippen molar-refractivity contribution in [2.45, 2.75) is 25.4 Å². The van der Waals surface area contributed by atoms with Crippen molar-refractivity contribution in [2.75, 3.05) is 0 Å². The number of carbonyl (C=O) groups excluding carboxylic acids is 2. The molecule has 0 saturated heterocycles. The molecule has 0 unspecified atom stereocenters. The molecule has 30 heavy (non-hydrogen) atoms. The van der Waals surface area contributed by atoms with E-state index in [0.717, 1.165) is 11.1 Å². The highest BCUT2D eigenvalue weighted by atomic mass is 16.4. The van der Waals surface area contributed by atoms with Crippen LogP contribution in [0.5, 0.6) is 0 Å². The Morgan fingerprint density at radius 3 is 2.23 bits per heavy atom. The third-order valence-corrected chi connectivity index (χ3v) is 4.73. The lowest BCUT2D eigenvalue weighted by Gasteiger charge is -2.30.